The van der Waals surface area contributed by atoms with Gasteiger partial charge in [-0.25, -0.2) is 0 Å². The monoisotopic (exact) mass is 500 g/mol. The molecule has 6 N–H and O–H groups in total. The molecule has 194 valence electrons. The first-order chi connectivity index (χ1) is 16.8. The summed E-state index contributed by atoms with van der Waals surface area (Å²) in [4.78, 5) is 46.7. The van der Waals surface area contributed by atoms with E-state index in [0.717, 1.165) is 6.54 Å². The van der Waals surface area contributed by atoms with Gasteiger partial charge in [0.2, 0.25) is 5.78 Å². The molecule has 0 spiro atoms. The summed E-state index contributed by atoms with van der Waals surface area (Å²) in [5, 5.41) is 44.6. The summed E-state index contributed by atoms with van der Waals surface area (Å²) >= 11 is 0. The van der Waals surface area contributed by atoms with Gasteiger partial charge in [0.15, 0.2) is 11.4 Å². The summed E-state index contributed by atoms with van der Waals surface area (Å²) in [6.07, 6.45) is 3.00. The Balaban J connectivity index is 1.85. The molecule has 0 aliphatic heterocycles. The van der Waals surface area contributed by atoms with E-state index in [9.17, 15) is 34.8 Å². The molecular formula is C25H32N4O7. The first kappa shape index (κ1) is 25.8. The minimum absolute atomic E-state index is 0.0527. The zero-order chi connectivity index (χ0) is 26.7. The molecule has 36 heavy (non-hydrogen) atoms. The van der Waals surface area contributed by atoms with Crippen molar-refractivity contribution in [3.8, 4) is 5.75 Å². The smallest absolute Gasteiger partial charge is 0.255 e. The minimum atomic E-state index is -2.64. The van der Waals surface area contributed by atoms with Crippen molar-refractivity contribution in [2.75, 3.05) is 34.7 Å². The maximum atomic E-state index is 13.8. The SMILES string of the molecule is CN(C)CCCc1ncc2c(c1O)C(O)=C1C(=O)[C@]3(O)C(O)=C(C(N)=O)C(=O)[C@@H](N(C)C)[C@@H]3C[C@@H]1C2. The maximum Gasteiger partial charge on any atom is 0.255 e. The van der Waals surface area contributed by atoms with Crippen molar-refractivity contribution >= 4 is 23.2 Å². The Bertz CT molecular complexity index is 1220. The van der Waals surface area contributed by atoms with Gasteiger partial charge in [-0.15, -0.1) is 0 Å². The van der Waals surface area contributed by atoms with Crippen molar-refractivity contribution in [2.24, 2.45) is 17.6 Å². The van der Waals surface area contributed by atoms with Crippen LogP contribution in [-0.2, 0) is 27.2 Å². The number of carbonyl (C=O) groups is 3. The van der Waals surface area contributed by atoms with Crippen molar-refractivity contribution in [1.82, 2.24) is 14.8 Å². The molecule has 1 fully saturated rings. The van der Waals surface area contributed by atoms with E-state index in [1.165, 1.54) is 4.90 Å². The van der Waals surface area contributed by atoms with Crippen LogP contribution in [0.1, 0.15) is 29.7 Å². The molecule has 0 bridgehead atoms. The number of ketones is 2. The lowest BCUT2D eigenvalue weighted by atomic mass is 9.57. The second-order valence-corrected chi connectivity index (χ2v) is 10.3. The number of aliphatic hydroxyl groups is 3. The van der Waals surface area contributed by atoms with E-state index >= 15 is 0 Å². The number of rotatable bonds is 6. The second kappa shape index (κ2) is 8.99. The zero-order valence-electron chi connectivity index (χ0n) is 20.8. The number of aliphatic hydroxyl groups excluding tert-OH is 2. The van der Waals surface area contributed by atoms with Gasteiger partial charge in [-0.2, -0.15) is 0 Å². The number of likely N-dealkylation sites (N-methyl/N-ethyl adjacent to an activating group) is 1. The zero-order valence-corrected chi connectivity index (χ0v) is 20.8. The number of fused-ring (bicyclic) bond motifs is 3. The highest BCUT2D eigenvalue weighted by Gasteiger charge is 2.64. The molecule has 4 rings (SSSR count). The van der Waals surface area contributed by atoms with Gasteiger partial charge >= 0.3 is 0 Å². The quantitative estimate of drug-likeness (QED) is 0.330. The van der Waals surface area contributed by atoms with Gasteiger partial charge in [0, 0.05) is 17.7 Å². The van der Waals surface area contributed by atoms with E-state index in [-0.39, 0.29) is 29.7 Å². The average Bonchev–Trinajstić information content (AvgIpc) is 2.77. The van der Waals surface area contributed by atoms with Crippen molar-refractivity contribution in [3.63, 3.8) is 0 Å². The molecule has 1 aromatic rings. The van der Waals surface area contributed by atoms with Crippen LogP contribution in [-0.4, -0.2) is 99.1 Å². The molecule has 0 aromatic carbocycles. The average molecular weight is 501 g/mol. The normalized spacial score (nSPS) is 27.9. The fraction of sp³-hybridized carbons (Fsp3) is 0.520. The number of nitrogens with two attached hydrogens (primary N) is 1. The Morgan fingerprint density at radius 2 is 1.86 bits per heavy atom. The topological polar surface area (TPSA) is 178 Å². The highest BCUT2D eigenvalue weighted by Crippen LogP contribution is 2.52. The first-order valence-electron chi connectivity index (χ1n) is 11.8. The minimum Gasteiger partial charge on any atom is -0.508 e. The first-order valence-corrected chi connectivity index (χ1v) is 11.8. The molecule has 1 aromatic heterocycles. The molecule has 11 nitrogen and oxygen atoms in total. The second-order valence-electron chi connectivity index (χ2n) is 10.3. The van der Waals surface area contributed by atoms with E-state index in [1.54, 1.807) is 20.3 Å². The van der Waals surface area contributed by atoms with Gasteiger partial charge in [0.05, 0.1) is 17.3 Å². The number of nitrogens with zero attached hydrogens (tertiary/aromatic N) is 3. The predicted octanol–water partition coefficient (Wildman–Crippen LogP) is -0.147. The molecule has 1 saturated carbocycles. The summed E-state index contributed by atoms with van der Waals surface area (Å²) < 4.78 is 0. The number of aromatic hydroxyl groups is 1. The van der Waals surface area contributed by atoms with Gasteiger partial charge < -0.3 is 31.1 Å². The third kappa shape index (κ3) is 3.69. The molecule has 1 heterocycles. The number of aromatic nitrogens is 1. The van der Waals surface area contributed by atoms with Crippen molar-refractivity contribution < 1.29 is 34.8 Å². The van der Waals surface area contributed by atoms with Crippen LogP contribution in [0.3, 0.4) is 0 Å². The molecule has 1 amide bonds. The molecule has 0 saturated heterocycles. The fourth-order valence-corrected chi connectivity index (χ4v) is 5.89. The van der Waals surface area contributed by atoms with E-state index in [0.29, 0.717) is 24.1 Å². The van der Waals surface area contributed by atoms with Crippen molar-refractivity contribution in [3.05, 3.63) is 39.9 Å². The summed E-state index contributed by atoms with van der Waals surface area (Å²) in [6.45, 7) is 0.764. The Labute approximate surface area is 208 Å². The number of aryl methyl sites for hydroxylation is 1. The van der Waals surface area contributed by atoms with Crippen LogP contribution in [0, 0.1) is 11.8 Å². The summed E-state index contributed by atoms with van der Waals surface area (Å²) in [5.74, 6) is -6.59. The molecule has 0 radical (unpaired) electrons. The highest BCUT2D eigenvalue weighted by atomic mass is 16.3. The summed E-state index contributed by atoms with van der Waals surface area (Å²) in [5.41, 5.74) is 2.68. The molecule has 11 heteroatoms. The highest BCUT2D eigenvalue weighted by molar-refractivity contribution is 6.24. The number of pyridine rings is 1. The van der Waals surface area contributed by atoms with Crippen molar-refractivity contribution in [2.45, 2.75) is 37.3 Å². The standard InChI is InChI=1S/C25H32N4O7/c1-28(2)7-5-6-14-19(30)15-12(10-27-14)8-11-9-13-18(29(3)4)21(32)17(24(26)35)23(34)25(13,36)22(33)16(11)20(15)31/h10-11,13,18,30-31,34,36H,5-9H2,1-4H3,(H2,26,35)/t11-,13-,18-,25-/m0/s1. The van der Waals surface area contributed by atoms with Gasteiger partial charge in [0.1, 0.15) is 22.8 Å². The molecular weight excluding hydrogens is 468 g/mol. The van der Waals surface area contributed by atoms with Crippen LogP contribution in [0.25, 0.3) is 5.76 Å². The van der Waals surface area contributed by atoms with Crippen LogP contribution in [0.15, 0.2) is 23.1 Å². The molecule has 3 aliphatic carbocycles. The van der Waals surface area contributed by atoms with E-state index in [1.807, 2.05) is 19.0 Å². The van der Waals surface area contributed by atoms with Crippen LogP contribution in [0.2, 0.25) is 0 Å². The Morgan fingerprint density at radius 1 is 1.19 bits per heavy atom. The number of carbonyl (C=O) groups excluding carboxylic acids is 3. The number of amides is 1. The van der Waals surface area contributed by atoms with Crippen LogP contribution in [0.5, 0.6) is 5.75 Å². The van der Waals surface area contributed by atoms with Crippen LogP contribution in [0.4, 0.5) is 0 Å². The predicted molar refractivity (Wildman–Crippen MR) is 129 cm³/mol. The molecule has 3 aliphatic rings. The summed E-state index contributed by atoms with van der Waals surface area (Å²) in [7, 11) is 6.98. The fourth-order valence-electron chi connectivity index (χ4n) is 5.89. The van der Waals surface area contributed by atoms with Gasteiger partial charge in [-0.1, -0.05) is 0 Å². The Morgan fingerprint density at radius 3 is 2.44 bits per heavy atom. The third-order valence-corrected chi connectivity index (χ3v) is 7.56. The molecule has 0 unspecified atom stereocenters. The van der Waals surface area contributed by atoms with Crippen molar-refractivity contribution in [1.29, 1.82) is 0 Å². The lowest BCUT2D eigenvalue weighted by Gasteiger charge is -2.50. The maximum absolute atomic E-state index is 13.8. The number of hydrogen-bond donors (Lipinski definition) is 5. The van der Waals surface area contributed by atoms with Gasteiger partial charge in [-0.05, 0) is 71.9 Å². The van der Waals surface area contributed by atoms with Crippen LogP contribution >= 0.6 is 0 Å². The lowest BCUT2D eigenvalue weighted by molar-refractivity contribution is -0.153. The Hall–Kier alpha value is -3.28. The largest absolute Gasteiger partial charge is 0.508 e. The van der Waals surface area contributed by atoms with E-state index in [2.05, 4.69) is 4.98 Å². The van der Waals surface area contributed by atoms with E-state index in [4.69, 9.17) is 5.73 Å². The Kier molecular flexibility index (Phi) is 6.44. The van der Waals surface area contributed by atoms with Crippen LogP contribution < -0.4 is 5.73 Å². The van der Waals surface area contributed by atoms with E-state index < -0.39 is 58.0 Å². The molecule has 4 atom stereocenters. The number of primary amides is 1. The number of Topliss-reactive ketones (excluding diaryl/α,β-unsaturated/α-hetero) is 2. The lowest BCUT2D eigenvalue weighted by Crippen LogP contribution is -2.65. The van der Waals surface area contributed by atoms with Gasteiger partial charge in [-0.3, -0.25) is 24.3 Å². The third-order valence-electron chi connectivity index (χ3n) is 7.56. The van der Waals surface area contributed by atoms with Gasteiger partial charge in [0.25, 0.3) is 5.91 Å². The number of hydrogen-bond acceptors (Lipinski definition) is 10. The summed E-state index contributed by atoms with van der Waals surface area (Å²) in [6, 6.07) is -1.10.